The molecule has 0 aromatic heterocycles. The third-order valence-corrected chi connectivity index (χ3v) is 4.74. The maximum absolute atomic E-state index is 6.05. The van der Waals surface area contributed by atoms with Gasteiger partial charge in [-0.05, 0) is 75.0 Å². The minimum atomic E-state index is 0. The quantitative estimate of drug-likeness (QED) is 0.848. The van der Waals surface area contributed by atoms with E-state index in [2.05, 4.69) is 10.2 Å². The van der Waals surface area contributed by atoms with Gasteiger partial charge in [0, 0.05) is 22.6 Å². The summed E-state index contributed by atoms with van der Waals surface area (Å²) in [7, 11) is 0. The largest absolute Gasteiger partial charge is 0.314 e. The van der Waals surface area contributed by atoms with Crippen LogP contribution in [-0.4, -0.2) is 30.6 Å². The summed E-state index contributed by atoms with van der Waals surface area (Å²) in [5.41, 5.74) is 1.21. The predicted molar refractivity (Wildman–Crippen MR) is 92.7 cm³/mol. The van der Waals surface area contributed by atoms with Gasteiger partial charge in [0.05, 0.1) is 0 Å². The van der Waals surface area contributed by atoms with Crippen LogP contribution in [0.4, 0.5) is 0 Å². The molecule has 1 N–H and O–H groups in total. The van der Waals surface area contributed by atoms with Gasteiger partial charge < -0.3 is 5.32 Å². The molecule has 2 aliphatic rings. The van der Waals surface area contributed by atoms with Crippen LogP contribution < -0.4 is 5.32 Å². The van der Waals surface area contributed by atoms with Crippen molar-refractivity contribution in [3.05, 3.63) is 33.8 Å². The highest BCUT2D eigenvalue weighted by atomic mass is 35.5. The molecule has 0 bridgehead atoms. The van der Waals surface area contributed by atoms with Crippen molar-refractivity contribution in [3.8, 4) is 0 Å². The van der Waals surface area contributed by atoms with Crippen molar-refractivity contribution in [1.82, 2.24) is 10.2 Å². The fourth-order valence-corrected chi connectivity index (χ4v) is 3.48. The molecule has 1 saturated carbocycles. The topological polar surface area (TPSA) is 15.3 Å². The molecule has 1 aliphatic heterocycles. The van der Waals surface area contributed by atoms with E-state index in [1.807, 2.05) is 12.1 Å². The summed E-state index contributed by atoms with van der Waals surface area (Å²) < 4.78 is 0. The van der Waals surface area contributed by atoms with Crippen LogP contribution in [-0.2, 0) is 6.54 Å². The number of nitrogens with one attached hydrogen (secondary N) is 1. The van der Waals surface area contributed by atoms with Crippen molar-refractivity contribution in [1.29, 1.82) is 0 Å². The fraction of sp³-hybridized carbons (Fsp3) is 0.625. The molecule has 1 aromatic rings. The van der Waals surface area contributed by atoms with Crippen molar-refractivity contribution in [3.63, 3.8) is 0 Å². The molecule has 1 saturated heterocycles. The maximum Gasteiger partial charge on any atom is 0.0424 e. The Labute approximate surface area is 143 Å². The molecule has 2 nitrogen and oxygen atoms in total. The molecular formula is C16H23Cl3N2. The average molecular weight is 350 g/mol. The van der Waals surface area contributed by atoms with Gasteiger partial charge in [0.1, 0.15) is 0 Å². The van der Waals surface area contributed by atoms with E-state index in [0.29, 0.717) is 0 Å². The molecule has 1 heterocycles. The lowest BCUT2D eigenvalue weighted by Crippen LogP contribution is -2.42. The third-order valence-electron chi connectivity index (χ3n) is 4.31. The molecule has 118 valence electrons. The van der Waals surface area contributed by atoms with E-state index in [-0.39, 0.29) is 12.4 Å². The monoisotopic (exact) mass is 348 g/mol. The van der Waals surface area contributed by atoms with Gasteiger partial charge in [0.15, 0.2) is 0 Å². The van der Waals surface area contributed by atoms with Gasteiger partial charge in [-0.25, -0.2) is 0 Å². The number of benzene rings is 1. The summed E-state index contributed by atoms with van der Waals surface area (Å²) in [4.78, 5) is 2.50. The highest BCUT2D eigenvalue weighted by molar-refractivity contribution is 6.34. The summed E-state index contributed by atoms with van der Waals surface area (Å²) in [6.07, 6.45) is 5.37. The van der Waals surface area contributed by atoms with Crippen molar-refractivity contribution in [2.75, 3.05) is 19.6 Å². The summed E-state index contributed by atoms with van der Waals surface area (Å²) in [6.45, 7) is 4.50. The molecule has 0 amide bonds. The van der Waals surface area contributed by atoms with E-state index in [1.54, 1.807) is 6.07 Å². The zero-order valence-electron chi connectivity index (χ0n) is 12.2. The van der Waals surface area contributed by atoms with Crippen LogP contribution in [0.3, 0.4) is 0 Å². The summed E-state index contributed by atoms with van der Waals surface area (Å²) in [5.74, 6) is 0.974. The molecule has 0 atom stereocenters. The van der Waals surface area contributed by atoms with E-state index >= 15 is 0 Å². The normalized spacial score (nSPS) is 20.3. The van der Waals surface area contributed by atoms with E-state index in [1.165, 1.54) is 37.8 Å². The minimum absolute atomic E-state index is 0. The van der Waals surface area contributed by atoms with Crippen LogP contribution in [0.5, 0.6) is 0 Å². The Morgan fingerprint density at radius 1 is 1.00 bits per heavy atom. The lowest BCUT2D eigenvalue weighted by molar-refractivity contribution is 0.190. The number of nitrogens with zero attached hydrogens (tertiary/aromatic N) is 1. The molecule has 1 aliphatic carbocycles. The zero-order valence-corrected chi connectivity index (χ0v) is 14.5. The average Bonchev–Trinajstić information content (AvgIpc) is 3.21. The van der Waals surface area contributed by atoms with E-state index < -0.39 is 0 Å². The molecule has 3 rings (SSSR count). The van der Waals surface area contributed by atoms with Gasteiger partial charge >= 0.3 is 0 Å². The first-order valence-electron chi connectivity index (χ1n) is 7.60. The molecular weight excluding hydrogens is 327 g/mol. The van der Waals surface area contributed by atoms with Crippen LogP contribution in [0.1, 0.15) is 31.2 Å². The molecule has 5 heteroatoms. The molecule has 0 radical (unpaired) electrons. The fourth-order valence-electron chi connectivity index (χ4n) is 2.91. The van der Waals surface area contributed by atoms with Gasteiger partial charge in [-0.3, -0.25) is 4.90 Å². The predicted octanol–water partition coefficient (Wildman–Crippen LogP) is 4.38. The number of hydrogen-bond acceptors (Lipinski definition) is 2. The van der Waals surface area contributed by atoms with Crippen molar-refractivity contribution >= 4 is 35.6 Å². The van der Waals surface area contributed by atoms with Gasteiger partial charge in [-0.15, -0.1) is 12.4 Å². The Kier molecular flexibility index (Phi) is 6.64. The molecule has 0 unspecified atom stereocenters. The lowest BCUT2D eigenvalue weighted by atomic mass is 10.0. The van der Waals surface area contributed by atoms with Crippen LogP contribution in [0.15, 0.2) is 18.2 Å². The summed E-state index contributed by atoms with van der Waals surface area (Å²) in [5, 5.41) is 5.18. The first-order valence-corrected chi connectivity index (χ1v) is 8.35. The lowest BCUT2D eigenvalue weighted by Gasteiger charge is -2.32. The molecule has 0 spiro atoms. The number of piperidine rings is 1. The van der Waals surface area contributed by atoms with E-state index in [4.69, 9.17) is 23.2 Å². The van der Waals surface area contributed by atoms with Crippen LogP contribution in [0.25, 0.3) is 0 Å². The number of halogens is 3. The van der Waals surface area contributed by atoms with Crippen LogP contribution in [0.2, 0.25) is 10.0 Å². The first-order chi connectivity index (χ1) is 9.69. The third kappa shape index (κ3) is 5.61. The second kappa shape index (κ2) is 8.03. The van der Waals surface area contributed by atoms with Gasteiger partial charge in [0.2, 0.25) is 0 Å². The van der Waals surface area contributed by atoms with Gasteiger partial charge in [0.25, 0.3) is 0 Å². The second-order valence-corrected chi connectivity index (χ2v) is 7.05. The molecule has 2 fully saturated rings. The van der Waals surface area contributed by atoms with Crippen molar-refractivity contribution in [2.24, 2.45) is 5.92 Å². The summed E-state index contributed by atoms with van der Waals surface area (Å²) >= 11 is 12.1. The Morgan fingerprint density at radius 2 is 1.62 bits per heavy atom. The Hall–Kier alpha value is 0.01000. The van der Waals surface area contributed by atoms with Gasteiger partial charge in [-0.1, -0.05) is 23.2 Å². The smallest absolute Gasteiger partial charge is 0.0424 e. The minimum Gasteiger partial charge on any atom is -0.314 e. The standard InChI is InChI=1S/C16H22Cl2N2.ClH/c17-14-7-13(8-15(18)9-14)11-20-5-3-16(4-6-20)19-10-12-1-2-12;/h7-9,12,16,19H,1-6,10-11H2;1H. The van der Waals surface area contributed by atoms with Crippen molar-refractivity contribution < 1.29 is 0 Å². The number of hydrogen-bond donors (Lipinski definition) is 1. The number of rotatable bonds is 5. The van der Waals surface area contributed by atoms with Gasteiger partial charge in [-0.2, -0.15) is 0 Å². The van der Waals surface area contributed by atoms with Crippen molar-refractivity contribution in [2.45, 2.75) is 38.3 Å². The highest BCUT2D eigenvalue weighted by Crippen LogP contribution is 2.28. The van der Waals surface area contributed by atoms with Crippen LogP contribution >= 0.6 is 35.6 Å². The van der Waals surface area contributed by atoms with Crippen LogP contribution in [0, 0.1) is 5.92 Å². The Bertz CT molecular complexity index is 435. The Morgan fingerprint density at radius 3 is 2.19 bits per heavy atom. The zero-order chi connectivity index (χ0) is 13.9. The molecule has 21 heavy (non-hydrogen) atoms. The van der Waals surface area contributed by atoms with E-state index in [0.717, 1.165) is 41.6 Å². The Balaban J connectivity index is 0.00000161. The maximum atomic E-state index is 6.05. The first kappa shape index (κ1) is 17.4. The highest BCUT2D eigenvalue weighted by Gasteiger charge is 2.24. The second-order valence-electron chi connectivity index (χ2n) is 6.18. The molecule has 1 aromatic carbocycles. The number of likely N-dealkylation sites (tertiary alicyclic amines) is 1. The van der Waals surface area contributed by atoms with E-state index in [9.17, 15) is 0 Å². The SMILES string of the molecule is Cl.Clc1cc(Cl)cc(CN2CCC(NCC3CC3)CC2)c1. The summed E-state index contributed by atoms with van der Waals surface area (Å²) in [6, 6.07) is 6.55.